The van der Waals surface area contributed by atoms with Crippen LogP contribution in [0.2, 0.25) is 5.02 Å². The number of rotatable bonds is 9. The molecule has 1 aliphatic carbocycles. The van der Waals surface area contributed by atoms with Crippen LogP contribution in [-0.2, 0) is 0 Å². The third kappa shape index (κ3) is 6.04. The van der Waals surface area contributed by atoms with E-state index in [1.54, 1.807) is 6.07 Å². The van der Waals surface area contributed by atoms with E-state index in [0.717, 1.165) is 56.9 Å². The van der Waals surface area contributed by atoms with Crippen molar-refractivity contribution in [2.75, 3.05) is 54.9 Å². The maximum atomic E-state index is 12.6. The van der Waals surface area contributed by atoms with Crippen molar-refractivity contribution in [1.82, 2.24) is 20.2 Å². The predicted molar refractivity (Wildman–Crippen MR) is 143 cm³/mol. The molecule has 0 unspecified atom stereocenters. The van der Waals surface area contributed by atoms with Gasteiger partial charge in [0.05, 0.1) is 24.1 Å². The number of para-hydroxylation sites is 1. The van der Waals surface area contributed by atoms with Crippen LogP contribution in [0.1, 0.15) is 23.2 Å². The van der Waals surface area contributed by atoms with Gasteiger partial charge in [-0.1, -0.05) is 23.7 Å². The van der Waals surface area contributed by atoms with Gasteiger partial charge in [-0.2, -0.15) is 4.98 Å². The van der Waals surface area contributed by atoms with Gasteiger partial charge in [-0.3, -0.25) is 9.69 Å². The SMILES string of the molecule is O=C(NC1CC1)c1ccccc1Nc1nc(Nc2ccc(N3CCN(CCO)CC3)cc2)ncc1Cl. The number of aromatic nitrogens is 2. The fourth-order valence-corrected chi connectivity index (χ4v) is 4.32. The van der Waals surface area contributed by atoms with Gasteiger partial charge in [0, 0.05) is 50.1 Å². The minimum absolute atomic E-state index is 0.112. The van der Waals surface area contributed by atoms with Crippen molar-refractivity contribution in [3.05, 3.63) is 65.3 Å². The summed E-state index contributed by atoms with van der Waals surface area (Å²) in [4.78, 5) is 26.1. The minimum atomic E-state index is -0.112. The summed E-state index contributed by atoms with van der Waals surface area (Å²) in [6.07, 6.45) is 3.58. The highest BCUT2D eigenvalue weighted by Gasteiger charge is 2.25. The summed E-state index contributed by atoms with van der Waals surface area (Å²) in [7, 11) is 0. The molecule has 1 aromatic heterocycles. The normalized spacial score (nSPS) is 16.0. The highest BCUT2D eigenvalue weighted by atomic mass is 35.5. The number of aliphatic hydroxyl groups is 1. The predicted octanol–water partition coefficient (Wildman–Crippen LogP) is 3.62. The summed E-state index contributed by atoms with van der Waals surface area (Å²) < 4.78 is 0. The number of hydrogen-bond donors (Lipinski definition) is 4. The van der Waals surface area contributed by atoms with Crippen LogP contribution in [0.3, 0.4) is 0 Å². The zero-order chi connectivity index (χ0) is 24.9. The largest absolute Gasteiger partial charge is 0.395 e. The quantitative estimate of drug-likeness (QED) is 0.348. The van der Waals surface area contributed by atoms with Crippen molar-refractivity contribution in [2.24, 2.45) is 0 Å². The van der Waals surface area contributed by atoms with Crippen LogP contribution in [0.25, 0.3) is 0 Å². The Kier molecular flexibility index (Phi) is 7.50. The Morgan fingerprint density at radius 3 is 2.50 bits per heavy atom. The molecule has 9 nitrogen and oxygen atoms in total. The van der Waals surface area contributed by atoms with Crippen LogP contribution >= 0.6 is 11.6 Å². The number of carbonyl (C=O) groups is 1. The average molecular weight is 508 g/mol. The summed E-state index contributed by atoms with van der Waals surface area (Å²) in [6, 6.07) is 15.7. The molecule has 2 fully saturated rings. The van der Waals surface area contributed by atoms with Crippen molar-refractivity contribution in [2.45, 2.75) is 18.9 Å². The Labute approximate surface area is 215 Å². The molecule has 10 heteroatoms. The van der Waals surface area contributed by atoms with Crippen molar-refractivity contribution in [1.29, 1.82) is 0 Å². The van der Waals surface area contributed by atoms with Crippen LogP contribution in [0, 0.1) is 0 Å². The van der Waals surface area contributed by atoms with E-state index in [-0.39, 0.29) is 18.6 Å². The van der Waals surface area contributed by atoms with Crippen molar-refractivity contribution in [3.63, 3.8) is 0 Å². The van der Waals surface area contributed by atoms with E-state index in [1.165, 1.54) is 6.20 Å². The minimum Gasteiger partial charge on any atom is -0.395 e. The zero-order valence-electron chi connectivity index (χ0n) is 20.0. The second-order valence-corrected chi connectivity index (χ2v) is 9.44. The Bertz CT molecular complexity index is 1200. The highest BCUT2D eigenvalue weighted by Crippen LogP contribution is 2.28. The Hall–Kier alpha value is -3.40. The van der Waals surface area contributed by atoms with E-state index in [2.05, 4.69) is 47.9 Å². The van der Waals surface area contributed by atoms with Crippen LogP contribution in [0.15, 0.2) is 54.7 Å². The number of amides is 1. The molecular formula is C26H30ClN7O2. The molecule has 188 valence electrons. The van der Waals surface area contributed by atoms with Crippen molar-refractivity contribution < 1.29 is 9.90 Å². The first-order valence-corrected chi connectivity index (χ1v) is 12.6. The molecule has 2 aliphatic rings. The van der Waals surface area contributed by atoms with Gasteiger partial charge in [-0.05, 0) is 49.2 Å². The summed E-state index contributed by atoms with van der Waals surface area (Å²) >= 11 is 6.37. The number of carbonyl (C=O) groups excluding carboxylic acids is 1. The van der Waals surface area contributed by atoms with Crippen LogP contribution in [-0.4, -0.2) is 71.3 Å². The molecule has 4 N–H and O–H groups in total. The lowest BCUT2D eigenvalue weighted by molar-refractivity contribution is 0.0952. The summed E-state index contributed by atoms with van der Waals surface area (Å²) in [5.74, 6) is 0.699. The van der Waals surface area contributed by atoms with Crippen LogP contribution in [0.5, 0.6) is 0 Å². The number of nitrogens with one attached hydrogen (secondary N) is 3. The summed E-state index contributed by atoms with van der Waals surface area (Å²) in [5.41, 5.74) is 3.19. The third-order valence-corrected chi connectivity index (χ3v) is 6.64. The van der Waals surface area contributed by atoms with Gasteiger partial charge in [-0.15, -0.1) is 0 Å². The topological polar surface area (TPSA) is 106 Å². The van der Waals surface area contributed by atoms with Gasteiger partial charge in [-0.25, -0.2) is 4.98 Å². The molecule has 36 heavy (non-hydrogen) atoms. The molecule has 1 saturated carbocycles. The smallest absolute Gasteiger partial charge is 0.253 e. The molecule has 1 aliphatic heterocycles. The van der Waals surface area contributed by atoms with Crippen molar-refractivity contribution >= 4 is 46.3 Å². The number of halogens is 1. The van der Waals surface area contributed by atoms with Gasteiger partial charge in [0.25, 0.3) is 5.91 Å². The number of hydrogen-bond acceptors (Lipinski definition) is 8. The lowest BCUT2D eigenvalue weighted by Crippen LogP contribution is -2.47. The molecule has 0 radical (unpaired) electrons. The van der Waals surface area contributed by atoms with Crippen LogP contribution in [0.4, 0.5) is 28.8 Å². The molecule has 0 atom stereocenters. The zero-order valence-corrected chi connectivity index (χ0v) is 20.7. The molecule has 1 saturated heterocycles. The van der Waals surface area contributed by atoms with E-state index >= 15 is 0 Å². The van der Waals surface area contributed by atoms with Gasteiger partial charge < -0.3 is 26.0 Å². The molecule has 2 heterocycles. The summed E-state index contributed by atoms with van der Waals surface area (Å²) in [6.45, 7) is 4.69. The number of benzene rings is 2. The van der Waals surface area contributed by atoms with Gasteiger partial charge in [0.2, 0.25) is 5.95 Å². The number of aliphatic hydroxyl groups excluding tert-OH is 1. The molecule has 0 bridgehead atoms. The van der Waals surface area contributed by atoms with E-state index in [4.69, 9.17) is 16.7 Å². The van der Waals surface area contributed by atoms with Gasteiger partial charge in [0.1, 0.15) is 5.02 Å². The Morgan fingerprint density at radius 1 is 1.03 bits per heavy atom. The monoisotopic (exact) mass is 507 g/mol. The van der Waals surface area contributed by atoms with Gasteiger partial charge in [0.15, 0.2) is 5.82 Å². The molecular weight excluding hydrogens is 478 g/mol. The third-order valence-electron chi connectivity index (χ3n) is 6.36. The first kappa shape index (κ1) is 24.3. The Morgan fingerprint density at radius 2 is 1.78 bits per heavy atom. The van der Waals surface area contributed by atoms with E-state index in [0.29, 0.717) is 28.0 Å². The number of β-amino-alcohol motifs (C(OH)–C–C–N with tert-alkyl or cyclic N) is 1. The second-order valence-electron chi connectivity index (χ2n) is 9.03. The maximum absolute atomic E-state index is 12.6. The van der Waals surface area contributed by atoms with Crippen molar-refractivity contribution in [3.8, 4) is 0 Å². The molecule has 0 spiro atoms. The highest BCUT2D eigenvalue weighted by molar-refractivity contribution is 6.33. The first-order chi connectivity index (χ1) is 17.6. The molecule has 1 amide bonds. The average Bonchev–Trinajstić information content (AvgIpc) is 3.71. The van der Waals surface area contributed by atoms with Gasteiger partial charge >= 0.3 is 0 Å². The Balaban J connectivity index is 1.25. The van der Waals surface area contributed by atoms with E-state index in [9.17, 15) is 4.79 Å². The molecule has 3 aromatic rings. The lowest BCUT2D eigenvalue weighted by atomic mass is 10.1. The van der Waals surface area contributed by atoms with E-state index < -0.39 is 0 Å². The fourth-order valence-electron chi connectivity index (χ4n) is 4.18. The molecule has 5 rings (SSSR count). The number of nitrogens with zero attached hydrogens (tertiary/aromatic N) is 4. The number of anilines is 5. The van der Waals surface area contributed by atoms with Crippen LogP contribution < -0.4 is 20.9 Å². The maximum Gasteiger partial charge on any atom is 0.253 e. The number of piperazine rings is 1. The fraction of sp³-hybridized carbons (Fsp3) is 0.346. The molecule has 2 aromatic carbocycles. The lowest BCUT2D eigenvalue weighted by Gasteiger charge is -2.35. The standard InChI is InChI=1S/C26H30ClN7O2/c27-22-17-28-26(30-19-7-9-20(10-8-19)34-13-11-33(12-14-34)15-16-35)32-24(22)31-23-4-2-1-3-21(23)25(36)29-18-5-6-18/h1-4,7-10,17-18,35H,5-6,11-16H2,(H,29,36)(H2,28,30,31,32). The van der Waals surface area contributed by atoms with E-state index in [1.807, 2.05) is 30.3 Å². The summed E-state index contributed by atoms with van der Waals surface area (Å²) in [5, 5.41) is 18.9. The second kappa shape index (κ2) is 11.1. The first-order valence-electron chi connectivity index (χ1n) is 12.2.